The highest BCUT2D eigenvalue weighted by Crippen LogP contribution is 2.45. The fraction of sp³-hybridized carbons (Fsp3) is 0. The van der Waals surface area contributed by atoms with Crippen LogP contribution in [0.3, 0.4) is 0 Å². The van der Waals surface area contributed by atoms with Crippen molar-refractivity contribution in [3.63, 3.8) is 0 Å². The van der Waals surface area contributed by atoms with Crippen molar-refractivity contribution in [3.05, 3.63) is 194 Å². The lowest BCUT2D eigenvalue weighted by molar-refractivity contribution is 1.08. The largest absolute Gasteiger partial charge is 0.309 e. The zero-order chi connectivity index (χ0) is 36.3. The van der Waals surface area contributed by atoms with Gasteiger partial charge in [0.1, 0.15) is 0 Å². The molecule has 0 fully saturated rings. The third-order valence-corrected chi connectivity index (χ3v) is 10.8. The molecular formula is C51H32N4. The van der Waals surface area contributed by atoms with Crippen LogP contribution in [0.5, 0.6) is 0 Å². The van der Waals surface area contributed by atoms with Crippen LogP contribution in [0.1, 0.15) is 0 Å². The number of para-hydroxylation sites is 3. The summed E-state index contributed by atoms with van der Waals surface area (Å²) in [5.74, 6) is 1.91. The van der Waals surface area contributed by atoms with Crippen LogP contribution in [0.15, 0.2) is 194 Å². The van der Waals surface area contributed by atoms with E-state index in [1.165, 1.54) is 32.4 Å². The molecule has 0 radical (unpaired) electrons. The molecule has 11 aromatic rings. The van der Waals surface area contributed by atoms with Crippen LogP contribution in [-0.2, 0) is 0 Å². The summed E-state index contributed by atoms with van der Waals surface area (Å²) in [6, 6.07) is 68.7. The maximum Gasteiger partial charge on any atom is 0.164 e. The summed E-state index contributed by atoms with van der Waals surface area (Å²) < 4.78 is 2.41. The van der Waals surface area contributed by atoms with Crippen molar-refractivity contribution in [1.82, 2.24) is 19.5 Å². The van der Waals surface area contributed by atoms with Gasteiger partial charge in [0.25, 0.3) is 0 Å². The van der Waals surface area contributed by atoms with E-state index < -0.39 is 0 Å². The first-order valence-corrected chi connectivity index (χ1v) is 18.6. The van der Waals surface area contributed by atoms with E-state index in [1.54, 1.807) is 0 Å². The Morgan fingerprint density at radius 3 is 1.45 bits per heavy atom. The highest BCUT2D eigenvalue weighted by molar-refractivity contribution is 6.29. The van der Waals surface area contributed by atoms with Crippen LogP contribution in [0, 0.1) is 0 Å². The summed E-state index contributed by atoms with van der Waals surface area (Å²) in [6.45, 7) is 0. The molecule has 4 heteroatoms. The first-order chi connectivity index (χ1) is 27.3. The Morgan fingerprint density at radius 1 is 0.309 bits per heavy atom. The highest BCUT2D eigenvalue weighted by Gasteiger charge is 2.22. The first-order valence-electron chi connectivity index (χ1n) is 18.6. The van der Waals surface area contributed by atoms with Gasteiger partial charge in [-0.1, -0.05) is 164 Å². The van der Waals surface area contributed by atoms with Gasteiger partial charge in [0.2, 0.25) is 0 Å². The lowest BCUT2D eigenvalue weighted by Gasteiger charge is -2.18. The second-order valence-corrected chi connectivity index (χ2v) is 14.0. The smallest absolute Gasteiger partial charge is 0.164 e. The fourth-order valence-electron chi connectivity index (χ4n) is 8.39. The Balaban J connectivity index is 1.31. The quantitative estimate of drug-likeness (QED) is 0.168. The first kappa shape index (κ1) is 31.1. The summed E-state index contributed by atoms with van der Waals surface area (Å²) in [7, 11) is 0. The van der Waals surface area contributed by atoms with Crippen LogP contribution < -0.4 is 0 Å². The van der Waals surface area contributed by atoms with Crippen LogP contribution in [0.2, 0.25) is 0 Å². The van der Waals surface area contributed by atoms with Gasteiger partial charge in [0, 0.05) is 44.1 Å². The number of hydrogen-bond acceptors (Lipinski definition) is 3. The van der Waals surface area contributed by atoms with E-state index in [9.17, 15) is 0 Å². The summed E-state index contributed by atoms with van der Waals surface area (Å²) in [6.07, 6.45) is 0. The minimum atomic E-state index is 0.635. The van der Waals surface area contributed by atoms with Crippen LogP contribution in [-0.4, -0.2) is 19.5 Å². The second-order valence-electron chi connectivity index (χ2n) is 14.0. The number of fused-ring (bicyclic) bond motifs is 9. The maximum atomic E-state index is 5.31. The minimum absolute atomic E-state index is 0.635. The molecule has 0 aliphatic rings. The summed E-state index contributed by atoms with van der Waals surface area (Å²) in [4.78, 5) is 15.7. The monoisotopic (exact) mass is 700 g/mol. The van der Waals surface area contributed by atoms with Gasteiger partial charge in [-0.2, -0.15) is 0 Å². The normalized spacial score (nSPS) is 11.6. The van der Waals surface area contributed by atoms with Crippen molar-refractivity contribution in [3.8, 4) is 51.0 Å². The zero-order valence-corrected chi connectivity index (χ0v) is 29.8. The standard InChI is InChI=1S/C51H32N4/c1-4-17-33(18-5-1)49-52-50(34-19-6-2-7-20-34)54-51(53-49)45-32-35(31-44-40-25-11-10-23-38(40)39-24-12-13-27-42(39)47(44)45)37-28-16-29-43-41-26-14-15-30-46(41)55(48(37)43)36-21-8-3-9-22-36/h1-32H. The average Bonchev–Trinajstić information content (AvgIpc) is 3.61. The third-order valence-electron chi connectivity index (χ3n) is 10.8. The molecule has 0 N–H and O–H groups in total. The molecule has 0 saturated carbocycles. The molecular weight excluding hydrogens is 669 g/mol. The predicted molar refractivity (Wildman–Crippen MR) is 228 cm³/mol. The topological polar surface area (TPSA) is 43.6 Å². The molecule has 0 amide bonds. The molecule has 2 heterocycles. The van der Waals surface area contributed by atoms with Crippen molar-refractivity contribution in [2.24, 2.45) is 0 Å². The van der Waals surface area contributed by atoms with Crippen LogP contribution in [0.25, 0.3) is 105 Å². The predicted octanol–water partition coefficient (Wildman–Crippen LogP) is 13.1. The molecule has 9 aromatic carbocycles. The van der Waals surface area contributed by atoms with E-state index in [4.69, 9.17) is 15.0 Å². The molecule has 55 heavy (non-hydrogen) atoms. The van der Waals surface area contributed by atoms with Gasteiger partial charge in [-0.05, 0) is 62.8 Å². The van der Waals surface area contributed by atoms with Crippen molar-refractivity contribution in [1.29, 1.82) is 0 Å². The van der Waals surface area contributed by atoms with Crippen molar-refractivity contribution in [2.75, 3.05) is 0 Å². The SMILES string of the molecule is c1ccc(-c2nc(-c3ccccc3)nc(-c3cc(-c4cccc5c6ccccc6n(-c6ccccc6)c45)cc4c5ccccc5c5ccccc5c34)n2)cc1. The van der Waals surface area contributed by atoms with E-state index in [2.05, 4.69) is 162 Å². The van der Waals surface area contributed by atoms with Crippen LogP contribution >= 0.6 is 0 Å². The van der Waals surface area contributed by atoms with E-state index in [0.717, 1.165) is 55.2 Å². The molecule has 2 aromatic heterocycles. The zero-order valence-electron chi connectivity index (χ0n) is 29.8. The van der Waals surface area contributed by atoms with Crippen molar-refractivity contribution < 1.29 is 0 Å². The summed E-state index contributed by atoms with van der Waals surface area (Å²) in [5.41, 5.74) is 8.53. The Labute approximate surface area is 317 Å². The molecule has 0 aliphatic carbocycles. The minimum Gasteiger partial charge on any atom is -0.309 e. The van der Waals surface area contributed by atoms with Gasteiger partial charge in [0.05, 0.1) is 11.0 Å². The maximum absolute atomic E-state index is 5.31. The number of benzene rings is 9. The van der Waals surface area contributed by atoms with Gasteiger partial charge in [-0.3, -0.25) is 0 Å². The molecule has 0 unspecified atom stereocenters. The second kappa shape index (κ2) is 12.6. The van der Waals surface area contributed by atoms with Crippen molar-refractivity contribution >= 4 is 54.1 Å². The van der Waals surface area contributed by atoms with Gasteiger partial charge < -0.3 is 4.57 Å². The lowest BCUT2D eigenvalue weighted by Crippen LogP contribution is -2.01. The van der Waals surface area contributed by atoms with E-state index >= 15 is 0 Å². The Hall–Kier alpha value is -7.43. The number of rotatable bonds is 5. The molecule has 0 atom stereocenters. The molecule has 0 bridgehead atoms. The Morgan fingerprint density at radius 2 is 0.800 bits per heavy atom. The fourth-order valence-corrected chi connectivity index (χ4v) is 8.39. The lowest BCUT2D eigenvalue weighted by atomic mass is 9.88. The Bertz CT molecular complexity index is 3180. The molecule has 256 valence electrons. The third kappa shape index (κ3) is 5.03. The molecule has 0 aliphatic heterocycles. The average molecular weight is 701 g/mol. The highest BCUT2D eigenvalue weighted by atomic mass is 15.0. The van der Waals surface area contributed by atoms with Gasteiger partial charge in [-0.25, -0.2) is 15.0 Å². The van der Waals surface area contributed by atoms with Gasteiger partial charge in [-0.15, -0.1) is 0 Å². The number of nitrogens with zero attached hydrogens (tertiary/aromatic N) is 4. The Kier molecular flexibility index (Phi) is 7.14. The molecule has 11 rings (SSSR count). The van der Waals surface area contributed by atoms with Crippen LogP contribution in [0.4, 0.5) is 0 Å². The van der Waals surface area contributed by atoms with E-state index in [1.807, 2.05) is 36.4 Å². The summed E-state index contributed by atoms with van der Waals surface area (Å²) in [5, 5.41) is 9.48. The number of aromatic nitrogens is 4. The van der Waals surface area contributed by atoms with E-state index in [-0.39, 0.29) is 0 Å². The summed E-state index contributed by atoms with van der Waals surface area (Å²) >= 11 is 0. The van der Waals surface area contributed by atoms with Crippen molar-refractivity contribution in [2.45, 2.75) is 0 Å². The van der Waals surface area contributed by atoms with Gasteiger partial charge >= 0.3 is 0 Å². The van der Waals surface area contributed by atoms with E-state index in [0.29, 0.717) is 17.5 Å². The van der Waals surface area contributed by atoms with Gasteiger partial charge in [0.15, 0.2) is 17.5 Å². The molecule has 0 saturated heterocycles. The molecule has 0 spiro atoms. The number of hydrogen-bond donors (Lipinski definition) is 0. The molecule has 4 nitrogen and oxygen atoms in total.